The van der Waals surface area contributed by atoms with Gasteiger partial charge in [0.05, 0.1) is 12.7 Å². The van der Waals surface area contributed by atoms with E-state index in [-0.39, 0.29) is 5.97 Å². The molecule has 1 aromatic rings. The van der Waals surface area contributed by atoms with Gasteiger partial charge in [-0.15, -0.1) is 0 Å². The summed E-state index contributed by atoms with van der Waals surface area (Å²) in [6, 6.07) is 6.93. The molecule has 0 saturated heterocycles. The van der Waals surface area contributed by atoms with Gasteiger partial charge in [-0.1, -0.05) is 24.8 Å². The number of nitrogens with zero attached hydrogens (tertiary/aromatic N) is 1. The summed E-state index contributed by atoms with van der Waals surface area (Å²) >= 11 is -1.92. The molecule has 1 atom stereocenters. The molecule has 0 bridgehead atoms. The molecule has 5 nitrogen and oxygen atoms in total. The summed E-state index contributed by atoms with van der Waals surface area (Å²) in [5.74, 6) is 5.58. The summed E-state index contributed by atoms with van der Waals surface area (Å²) in [6.45, 7) is 2.88. The van der Waals surface area contributed by atoms with Gasteiger partial charge in [0.25, 0.3) is 0 Å². The third kappa shape index (κ3) is 6.08. The van der Waals surface area contributed by atoms with Crippen molar-refractivity contribution in [2.45, 2.75) is 19.8 Å². The average Bonchev–Trinajstić information content (AvgIpc) is 2.50. The minimum Gasteiger partial charge on any atom is -0.465 e. The van der Waals surface area contributed by atoms with Crippen molar-refractivity contribution in [1.29, 1.82) is 0 Å². The van der Waals surface area contributed by atoms with Crippen molar-refractivity contribution < 1.29 is 18.3 Å². The summed E-state index contributed by atoms with van der Waals surface area (Å²) in [5.41, 5.74) is 1.22. The zero-order chi connectivity index (χ0) is 15.7. The largest absolute Gasteiger partial charge is 0.465 e. The number of ether oxygens (including phenoxy) is 1. The van der Waals surface area contributed by atoms with Crippen LogP contribution >= 0.6 is 0 Å². The van der Waals surface area contributed by atoms with Gasteiger partial charge in [-0.3, -0.25) is 4.55 Å². The van der Waals surface area contributed by atoms with Crippen LogP contribution in [0.25, 0.3) is 0 Å². The first-order chi connectivity index (χ1) is 10.1. The molecule has 0 fully saturated rings. The van der Waals surface area contributed by atoms with Crippen molar-refractivity contribution in [2.75, 3.05) is 20.2 Å². The van der Waals surface area contributed by atoms with Crippen LogP contribution in [0.5, 0.6) is 0 Å². The van der Waals surface area contributed by atoms with Gasteiger partial charge < -0.3 is 4.74 Å². The lowest BCUT2D eigenvalue weighted by Gasteiger charge is -2.13. The van der Waals surface area contributed by atoms with Gasteiger partial charge in [0.1, 0.15) is 0 Å². The first-order valence-electron chi connectivity index (χ1n) is 6.61. The molecule has 21 heavy (non-hydrogen) atoms. The van der Waals surface area contributed by atoms with E-state index in [4.69, 9.17) is 4.55 Å². The van der Waals surface area contributed by atoms with Crippen LogP contribution < -0.4 is 0 Å². The van der Waals surface area contributed by atoms with E-state index in [1.807, 2.05) is 13.0 Å². The van der Waals surface area contributed by atoms with Crippen LogP contribution in [0.2, 0.25) is 0 Å². The Kier molecular flexibility index (Phi) is 7.69. The second-order valence-corrected chi connectivity index (χ2v) is 5.21. The highest BCUT2D eigenvalue weighted by molar-refractivity contribution is 7.76. The third-order valence-electron chi connectivity index (χ3n) is 2.80. The second kappa shape index (κ2) is 9.29. The zero-order valence-electron chi connectivity index (χ0n) is 12.2. The van der Waals surface area contributed by atoms with Crippen LogP contribution in [-0.4, -0.2) is 39.2 Å². The Bertz CT molecular complexity index is 562. The van der Waals surface area contributed by atoms with Crippen molar-refractivity contribution in [1.82, 2.24) is 4.31 Å². The van der Waals surface area contributed by atoms with E-state index in [2.05, 4.69) is 16.6 Å². The quantitative estimate of drug-likeness (QED) is 0.378. The van der Waals surface area contributed by atoms with Crippen molar-refractivity contribution in [3.63, 3.8) is 0 Å². The molecule has 0 heterocycles. The molecule has 0 radical (unpaired) electrons. The fraction of sp³-hybridized carbons (Fsp3) is 0.400. The molecule has 1 aromatic carbocycles. The molecule has 0 aromatic heterocycles. The van der Waals surface area contributed by atoms with Crippen molar-refractivity contribution in [3.8, 4) is 11.8 Å². The van der Waals surface area contributed by atoms with Gasteiger partial charge in [0.15, 0.2) is 0 Å². The molecule has 1 rings (SSSR count). The van der Waals surface area contributed by atoms with E-state index in [0.29, 0.717) is 31.5 Å². The number of rotatable bonds is 6. The predicted molar refractivity (Wildman–Crippen MR) is 81.9 cm³/mol. The Morgan fingerprint density at radius 2 is 2.24 bits per heavy atom. The Morgan fingerprint density at radius 3 is 2.86 bits per heavy atom. The lowest BCUT2D eigenvalue weighted by molar-refractivity contribution is 0.0600. The fourth-order valence-corrected chi connectivity index (χ4v) is 2.20. The molecule has 0 spiro atoms. The van der Waals surface area contributed by atoms with Gasteiger partial charge in [-0.2, -0.15) is 0 Å². The SMILES string of the molecule is CCN(CCCC#Cc1cccc(C(=O)OC)c1)S(=O)O. The van der Waals surface area contributed by atoms with E-state index in [0.717, 1.165) is 5.56 Å². The van der Waals surface area contributed by atoms with Crippen LogP contribution in [-0.2, 0) is 16.0 Å². The number of benzene rings is 1. The number of carbonyl (C=O) groups excluding carboxylic acids is 1. The first-order valence-corrected chi connectivity index (χ1v) is 7.68. The molecule has 114 valence electrons. The topological polar surface area (TPSA) is 66.8 Å². The van der Waals surface area contributed by atoms with Crippen molar-refractivity contribution in [3.05, 3.63) is 35.4 Å². The lowest BCUT2D eigenvalue weighted by atomic mass is 10.1. The van der Waals surface area contributed by atoms with E-state index >= 15 is 0 Å². The number of carbonyl (C=O) groups is 1. The van der Waals surface area contributed by atoms with Gasteiger partial charge in [-0.05, 0) is 24.6 Å². The number of esters is 1. The summed E-state index contributed by atoms with van der Waals surface area (Å²) in [7, 11) is 1.34. The van der Waals surface area contributed by atoms with E-state index < -0.39 is 11.3 Å². The zero-order valence-corrected chi connectivity index (χ0v) is 13.0. The Morgan fingerprint density at radius 1 is 1.48 bits per heavy atom. The average molecular weight is 309 g/mol. The van der Waals surface area contributed by atoms with Gasteiger partial charge in [0.2, 0.25) is 11.3 Å². The van der Waals surface area contributed by atoms with Crippen LogP contribution in [0.1, 0.15) is 35.7 Å². The molecule has 0 aliphatic heterocycles. The Labute approximate surface area is 127 Å². The molecule has 0 amide bonds. The normalized spacial score (nSPS) is 11.6. The summed E-state index contributed by atoms with van der Waals surface area (Å²) in [4.78, 5) is 11.4. The first kappa shape index (κ1) is 17.4. The molecular formula is C15H19NO4S. The fourth-order valence-electron chi connectivity index (χ4n) is 1.70. The lowest BCUT2D eigenvalue weighted by Crippen LogP contribution is -2.26. The van der Waals surface area contributed by atoms with Crippen molar-refractivity contribution >= 4 is 17.2 Å². The molecule has 1 N–H and O–H groups in total. The summed E-state index contributed by atoms with van der Waals surface area (Å²) < 4.78 is 26.0. The highest BCUT2D eigenvalue weighted by atomic mass is 32.2. The highest BCUT2D eigenvalue weighted by Crippen LogP contribution is 2.05. The second-order valence-electron chi connectivity index (χ2n) is 4.23. The van der Waals surface area contributed by atoms with Crippen molar-refractivity contribution in [2.24, 2.45) is 0 Å². The van der Waals surface area contributed by atoms with Crippen LogP contribution in [0.4, 0.5) is 0 Å². The summed E-state index contributed by atoms with van der Waals surface area (Å²) in [5, 5.41) is 0. The maximum atomic E-state index is 11.4. The molecule has 6 heteroatoms. The summed E-state index contributed by atoms with van der Waals surface area (Å²) in [6.07, 6.45) is 1.33. The van der Waals surface area contributed by atoms with Gasteiger partial charge in [-0.25, -0.2) is 13.3 Å². The predicted octanol–water partition coefficient (Wildman–Crippen LogP) is 2.06. The van der Waals surface area contributed by atoms with Crippen LogP contribution in [0.15, 0.2) is 24.3 Å². The molecule has 0 aliphatic rings. The van der Waals surface area contributed by atoms with Gasteiger partial charge in [0, 0.05) is 25.1 Å². The van der Waals surface area contributed by atoms with Crippen LogP contribution in [0, 0.1) is 11.8 Å². The maximum absolute atomic E-state index is 11.4. The molecule has 0 aliphatic carbocycles. The number of hydrogen-bond donors (Lipinski definition) is 1. The van der Waals surface area contributed by atoms with Gasteiger partial charge >= 0.3 is 5.97 Å². The minimum atomic E-state index is -1.92. The van der Waals surface area contributed by atoms with Crippen LogP contribution in [0.3, 0.4) is 0 Å². The standard InChI is InChI=1S/C15H19NO4S/c1-3-16(21(18)19)11-6-4-5-8-13-9-7-10-14(12-13)15(17)20-2/h7,9-10,12H,3-4,6,11H2,1-2H3,(H,18,19). The molecule has 1 unspecified atom stereocenters. The molecular weight excluding hydrogens is 290 g/mol. The number of methoxy groups -OCH3 is 1. The smallest absolute Gasteiger partial charge is 0.337 e. The highest BCUT2D eigenvalue weighted by Gasteiger charge is 2.06. The van der Waals surface area contributed by atoms with E-state index in [1.165, 1.54) is 11.4 Å². The Hall–Kier alpha value is -1.68. The van der Waals surface area contributed by atoms with E-state index in [9.17, 15) is 9.00 Å². The van der Waals surface area contributed by atoms with E-state index in [1.54, 1.807) is 18.2 Å². The maximum Gasteiger partial charge on any atom is 0.337 e. The minimum absolute atomic E-state index is 0.386. The number of unbranched alkanes of at least 4 members (excludes halogenated alkanes) is 1. The third-order valence-corrected chi connectivity index (χ3v) is 3.68. The Balaban J connectivity index is 2.52. The monoisotopic (exact) mass is 309 g/mol. The number of hydrogen-bond acceptors (Lipinski definition) is 3. The molecule has 0 saturated carbocycles.